The van der Waals surface area contributed by atoms with E-state index in [1.54, 1.807) is 6.07 Å². The van der Waals surface area contributed by atoms with Crippen molar-refractivity contribution in [1.82, 2.24) is 10.3 Å². The van der Waals surface area contributed by atoms with Crippen molar-refractivity contribution in [2.75, 3.05) is 29.5 Å². The number of fused-ring (bicyclic) bond motifs is 4. The van der Waals surface area contributed by atoms with E-state index in [9.17, 15) is 9.59 Å². The second kappa shape index (κ2) is 10.3. The Morgan fingerprint density at radius 3 is 2.75 bits per heavy atom. The molecule has 9 heteroatoms. The number of hydrogen-bond acceptors (Lipinski definition) is 6. The molecular formula is C31H27ClN4O3S. The predicted molar refractivity (Wildman–Crippen MR) is 158 cm³/mol. The highest BCUT2D eigenvalue weighted by atomic mass is 35.5. The minimum atomic E-state index is -0.148. The molecule has 2 aromatic heterocycles. The second-order valence-corrected chi connectivity index (χ2v) is 11.8. The van der Waals surface area contributed by atoms with Crippen LogP contribution in [0.1, 0.15) is 44.1 Å². The van der Waals surface area contributed by atoms with Gasteiger partial charge in [-0.25, -0.2) is 4.98 Å². The first-order chi connectivity index (χ1) is 19.5. The molecule has 40 heavy (non-hydrogen) atoms. The van der Waals surface area contributed by atoms with Crippen LogP contribution in [0.15, 0.2) is 66.7 Å². The number of carbonyl (C=O) groups is 2. The molecule has 0 atom stereocenters. The van der Waals surface area contributed by atoms with Crippen molar-refractivity contribution >= 4 is 46.3 Å². The first-order valence-corrected chi connectivity index (χ1v) is 14.7. The fourth-order valence-corrected chi connectivity index (χ4v) is 6.66. The van der Waals surface area contributed by atoms with Crippen molar-refractivity contribution < 1.29 is 14.3 Å². The van der Waals surface area contributed by atoms with Crippen molar-refractivity contribution in [2.24, 2.45) is 0 Å². The number of thiophene rings is 1. The summed E-state index contributed by atoms with van der Waals surface area (Å²) in [5.41, 5.74) is 4.27. The molecule has 0 bridgehead atoms. The van der Waals surface area contributed by atoms with Crippen LogP contribution in [0.3, 0.4) is 0 Å². The van der Waals surface area contributed by atoms with Gasteiger partial charge in [0.15, 0.2) is 0 Å². The molecule has 3 aliphatic rings. The average Bonchev–Trinajstić information content (AvgIpc) is 3.75. The van der Waals surface area contributed by atoms with Crippen LogP contribution in [0, 0.1) is 0 Å². The van der Waals surface area contributed by atoms with Gasteiger partial charge in [-0.15, -0.1) is 11.3 Å². The molecule has 7 nitrogen and oxygen atoms in total. The number of hydrogen-bond donors (Lipinski definition) is 1. The molecule has 4 aromatic rings. The summed E-state index contributed by atoms with van der Waals surface area (Å²) in [6, 6.07) is 21.5. The summed E-state index contributed by atoms with van der Waals surface area (Å²) >= 11 is 7.75. The third-order valence-corrected chi connectivity index (χ3v) is 8.96. The lowest BCUT2D eigenvalue weighted by Gasteiger charge is -2.24. The van der Waals surface area contributed by atoms with Gasteiger partial charge in [-0.1, -0.05) is 35.9 Å². The summed E-state index contributed by atoms with van der Waals surface area (Å²) in [5, 5.41) is 3.75. The third kappa shape index (κ3) is 4.82. The number of carbonyl (C=O) groups excluding carboxylic acids is 2. The fraction of sp³-hybridized carbons (Fsp3) is 0.258. The zero-order valence-corrected chi connectivity index (χ0v) is 23.3. The van der Waals surface area contributed by atoms with Crippen LogP contribution in [-0.2, 0) is 13.0 Å². The maximum absolute atomic E-state index is 14.0. The molecule has 2 amide bonds. The first kappa shape index (κ1) is 25.1. The Labute approximate surface area is 241 Å². The topological polar surface area (TPSA) is 74.8 Å². The van der Waals surface area contributed by atoms with E-state index in [1.165, 1.54) is 11.3 Å². The molecule has 1 saturated carbocycles. The van der Waals surface area contributed by atoms with Gasteiger partial charge in [-0.2, -0.15) is 0 Å². The molecule has 2 aliphatic heterocycles. The van der Waals surface area contributed by atoms with Gasteiger partial charge in [0, 0.05) is 40.2 Å². The zero-order valence-electron chi connectivity index (χ0n) is 21.7. The van der Waals surface area contributed by atoms with Crippen LogP contribution in [0.4, 0.5) is 11.5 Å². The number of halogens is 1. The Kier molecular flexibility index (Phi) is 6.44. The molecule has 2 aromatic carbocycles. The van der Waals surface area contributed by atoms with E-state index in [2.05, 4.69) is 10.2 Å². The molecule has 1 N–H and O–H groups in total. The van der Waals surface area contributed by atoms with E-state index in [-0.39, 0.29) is 11.8 Å². The van der Waals surface area contributed by atoms with Crippen molar-refractivity contribution in [2.45, 2.75) is 31.8 Å². The van der Waals surface area contributed by atoms with E-state index < -0.39 is 0 Å². The molecule has 0 saturated heterocycles. The van der Waals surface area contributed by atoms with E-state index in [4.69, 9.17) is 21.3 Å². The van der Waals surface area contributed by atoms with E-state index in [0.29, 0.717) is 49.4 Å². The summed E-state index contributed by atoms with van der Waals surface area (Å²) in [5.74, 6) is 1.39. The molecule has 0 radical (unpaired) electrons. The molecular weight excluding hydrogens is 544 g/mol. The number of rotatable bonds is 4. The minimum absolute atomic E-state index is 0.00388. The number of nitrogens with zero attached hydrogens (tertiary/aromatic N) is 3. The lowest BCUT2D eigenvalue weighted by Crippen LogP contribution is -2.34. The highest BCUT2D eigenvalue weighted by Crippen LogP contribution is 2.42. The van der Waals surface area contributed by atoms with Gasteiger partial charge < -0.3 is 19.9 Å². The predicted octanol–water partition coefficient (Wildman–Crippen LogP) is 5.96. The average molecular weight is 571 g/mol. The Bertz CT molecular complexity index is 1630. The second-order valence-electron chi connectivity index (χ2n) is 10.3. The number of pyridine rings is 1. The molecule has 1 aliphatic carbocycles. The van der Waals surface area contributed by atoms with Crippen LogP contribution >= 0.6 is 22.9 Å². The standard InChI is InChI=1S/C31H27ClN4O3S/c32-21-8-11-26-20(16-21)18-35(14-15-39-26)28-7-3-5-24(34-28)31(38)36-13-12-19-17-27(30(37)33-22-9-10-22)40-29(19)23-4-1-2-6-25(23)36/h1-8,11,16-17,22H,9-10,12-15,18H2,(H,33,37). The van der Waals surface area contributed by atoms with Gasteiger partial charge in [0.2, 0.25) is 0 Å². The smallest absolute Gasteiger partial charge is 0.276 e. The number of nitrogens with one attached hydrogen (secondary N) is 1. The number of aromatic nitrogens is 1. The van der Waals surface area contributed by atoms with Crippen LogP contribution in [0.2, 0.25) is 5.02 Å². The van der Waals surface area contributed by atoms with E-state index >= 15 is 0 Å². The third-order valence-electron chi connectivity index (χ3n) is 7.51. The van der Waals surface area contributed by atoms with Gasteiger partial charge >= 0.3 is 0 Å². The maximum atomic E-state index is 14.0. The number of anilines is 2. The summed E-state index contributed by atoms with van der Waals surface area (Å²) < 4.78 is 5.92. The van der Waals surface area contributed by atoms with Crippen LogP contribution in [-0.4, -0.2) is 42.5 Å². The molecule has 7 rings (SSSR count). The Morgan fingerprint density at radius 1 is 1.00 bits per heavy atom. The summed E-state index contributed by atoms with van der Waals surface area (Å²) in [6.45, 7) is 2.24. The highest BCUT2D eigenvalue weighted by Gasteiger charge is 2.30. The van der Waals surface area contributed by atoms with E-state index in [0.717, 1.165) is 56.5 Å². The first-order valence-electron chi connectivity index (χ1n) is 13.5. The highest BCUT2D eigenvalue weighted by molar-refractivity contribution is 7.17. The quantitative estimate of drug-likeness (QED) is 0.328. The Hall–Kier alpha value is -3.88. The van der Waals surface area contributed by atoms with Crippen molar-refractivity contribution in [3.8, 4) is 16.2 Å². The van der Waals surface area contributed by atoms with Crippen LogP contribution in [0.25, 0.3) is 10.4 Å². The zero-order chi connectivity index (χ0) is 27.2. The number of amides is 2. The van der Waals surface area contributed by atoms with Gasteiger partial charge in [0.25, 0.3) is 11.8 Å². The summed E-state index contributed by atoms with van der Waals surface area (Å²) in [7, 11) is 0. The number of para-hydroxylation sites is 1. The number of ether oxygens (including phenoxy) is 1. The van der Waals surface area contributed by atoms with Gasteiger partial charge in [0.05, 0.1) is 17.1 Å². The molecule has 202 valence electrons. The maximum Gasteiger partial charge on any atom is 0.276 e. The van der Waals surface area contributed by atoms with Gasteiger partial charge in [0.1, 0.15) is 23.9 Å². The van der Waals surface area contributed by atoms with Crippen molar-refractivity contribution in [1.29, 1.82) is 0 Å². The fourth-order valence-electron chi connectivity index (χ4n) is 5.32. The molecule has 0 spiro atoms. The van der Waals surface area contributed by atoms with Gasteiger partial charge in [-0.05, 0) is 67.3 Å². The lowest BCUT2D eigenvalue weighted by atomic mass is 10.1. The summed E-state index contributed by atoms with van der Waals surface area (Å²) in [6.07, 6.45) is 2.77. The monoisotopic (exact) mass is 570 g/mol. The molecule has 1 fully saturated rings. The number of benzene rings is 2. The Balaban J connectivity index is 1.17. The van der Waals surface area contributed by atoms with E-state index in [1.807, 2.05) is 65.6 Å². The Morgan fingerprint density at radius 2 is 1.88 bits per heavy atom. The largest absolute Gasteiger partial charge is 0.491 e. The molecule has 0 unspecified atom stereocenters. The van der Waals surface area contributed by atoms with Crippen LogP contribution < -0.4 is 19.9 Å². The normalized spacial score (nSPS) is 16.1. The van der Waals surface area contributed by atoms with Crippen molar-refractivity contribution in [3.05, 3.63) is 93.5 Å². The minimum Gasteiger partial charge on any atom is -0.491 e. The lowest BCUT2D eigenvalue weighted by molar-refractivity contribution is 0.0952. The van der Waals surface area contributed by atoms with Gasteiger partial charge in [-0.3, -0.25) is 9.59 Å². The SMILES string of the molecule is O=C(NC1CC1)c1cc2c(s1)-c1ccccc1N(C(=O)c1cccc(N3CCOc4ccc(Cl)cc4C3)n1)CC2. The molecule has 4 heterocycles. The van der Waals surface area contributed by atoms with Crippen LogP contribution in [0.5, 0.6) is 5.75 Å². The summed E-state index contributed by atoms with van der Waals surface area (Å²) in [4.78, 5) is 37.2. The van der Waals surface area contributed by atoms with Crippen molar-refractivity contribution in [3.63, 3.8) is 0 Å².